The van der Waals surface area contributed by atoms with Crippen molar-refractivity contribution in [2.75, 3.05) is 11.9 Å². The van der Waals surface area contributed by atoms with E-state index in [-0.39, 0.29) is 0 Å². The summed E-state index contributed by atoms with van der Waals surface area (Å²) in [6.45, 7) is 4.49. The molecule has 8 heteroatoms. The zero-order chi connectivity index (χ0) is 19.0. The lowest BCUT2D eigenvalue weighted by Gasteiger charge is -2.08. The second-order valence-electron chi connectivity index (χ2n) is 6.32. The summed E-state index contributed by atoms with van der Waals surface area (Å²) < 4.78 is 3.88. The van der Waals surface area contributed by atoms with Crippen LogP contribution in [0.25, 0.3) is 28.1 Å². The van der Waals surface area contributed by atoms with Crippen LogP contribution in [-0.4, -0.2) is 40.7 Å². The van der Waals surface area contributed by atoms with Crippen LogP contribution in [0.3, 0.4) is 0 Å². The van der Waals surface area contributed by atoms with Gasteiger partial charge in [0.2, 0.25) is 5.95 Å². The Kier molecular flexibility index (Phi) is 4.33. The van der Waals surface area contributed by atoms with E-state index in [1.165, 1.54) is 0 Å². The maximum absolute atomic E-state index is 9.89. The van der Waals surface area contributed by atoms with E-state index in [9.17, 15) is 5.11 Å². The van der Waals surface area contributed by atoms with E-state index in [1.807, 2.05) is 47.5 Å². The van der Waals surface area contributed by atoms with Crippen molar-refractivity contribution in [1.82, 2.24) is 29.1 Å². The Hall–Kier alpha value is -3.26. The van der Waals surface area contributed by atoms with Crippen molar-refractivity contribution in [3.8, 4) is 17.1 Å². The number of imidazole rings is 2. The average molecular weight is 363 g/mol. The zero-order valence-electron chi connectivity index (χ0n) is 15.5. The highest BCUT2D eigenvalue weighted by atomic mass is 16.3. The van der Waals surface area contributed by atoms with Gasteiger partial charge in [0.1, 0.15) is 17.8 Å². The van der Waals surface area contributed by atoms with Gasteiger partial charge < -0.3 is 15.0 Å². The van der Waals surface area contributed by atoms with Gasteiger partial charge in [-0.1, -0.05) is 0 Å². The summed E-state index contributed by atoms with van der Waals surface area (Å²) in [5.41, 5.74) is 3.55. The summed E-state index contributed by atoms with van der Waals surface area (Å²) in [4.78, 5) is 17.7. The molecule has 1 atom stereocenters. The fourth-order valence-corrected chi connectivity index (χ4v) is 3.15. The number of hydrogen-bond donors (Lipinski definition) is 2. The van der Waals surface area contributed by atoms with Crippen molar-refractivity contribution < 1.29 is 5.11 Å². The molecule has 0 aliphatic carbocycles. The van der Waals surface area contributed by atoms with Gasteiger partial charge in [0, 0.05) is 44.1 Å². The molecule has 0 amide bonds. The molecule has 0 saturated heterocycles. The summed E-state index contributed by atoms with van der Waals surface area (Å²) >= 11 is 0. The van der Waals surface area contributed by atoms with Crippen LogP contribution in [0.1, 0.15) is 25.8 Å². The monoisotopic (exact) mass is 363 g/mol. The molecule has 4 rings (SSSR count). The Bertz CT molecular complexity index is 1080. The summed E-state index contributed by atoms with van der Waals surface area (Å²) in [5, 5.41) is 13.0. The molecule has 3 aromatic heterocycles. The number of rotatable bonds is 5. The van der Waals surface area contributed by atoms with Gasteiger partial charge in [0.25, 0.3) is 0 Å². The fraction of sp³-hybridized carbons (Fsp3) is 0.263. The summed E-state index contributed by atoms with van der Waals surface area (Å²) in [6.07, 6.45) is 6.54. The Morgan fingerprint density at radius 2 is 1.96 bits per heavy atom. The minimum atomic E-state index is -0.623. The lowest BCUT2D eigenvalue weighted by molar-refractivity contribution is 0.186. The lowest BCUT2D eigenvalue weighted by atomic mass is 10.2. The molecule has 0 aliphatic rings. The Morgan fingerprint density at radius 3 is 2.67 bits per heavy atom. The number of fused-ring (bicyclic) bond motifs is 1. The largest absolute Gasteiger partial charge is 0.385 e. The van der Waals surface area contributed by atoms with Crippen molar-refractivity contribution in [3.05, 3.63) is 48.8 Å². The minimum Gasteiger partial charge on any atom is -0.385 e. The van der Waals surface area contributed by atoms with Crippen molar-refractivity contribution >= 4 is 17.0 Å². The maximum atomic E-state index is 9.89. The number of aliphatic hydroxyl groups excluding tert-OH is 1. The van der Waals surface area contributed by atoms with Crippen LogP contribution >= 0.6 is 0 Å². The number of aromatic nitrogens is 6. The third-order valence-corrected chi connectivity index (χ3v) is 4.44. The Balaban J connectivity index is 1.75. The van der Waals surface area contributed by atoms with Gasteiger partial charge in [-0.15, -0.1) is 0 Å². The summed E-state index contributed by atoms with van der Waals surface area (Å²) in [5.74, 6) is 1.99. The van der Waals surface area contributed by atoms with Crippen LogP contribution in [-0.2, 0) is 7.05 Å². The van der Waals surface area contributed by atoms with Crippen molar-refractivity contribution in [2.45, 2.75) is 20.0 Å². The first kappa shape index (κ1) is 17.2. The predicted octanol–water partition coefficient (Wildman–Crippen LogP) is 2.70. The Morgan fingerprint density at radius 1 is 1.19 bits per heavy atom. The molecule has 138 valence electrons. The molecule has 3 heterocycles. The first-order valence-electron chi connectivity index (χ1n) is 8.83. The van der Waals surface area contributed by atoms with Crippen LogP contribution < -0.4 is 5.32 Å². The zero-order valence-corrected chi connectivity index (χ0v) is 15.5. The second-order valence-corrected chi connectivity index (χ2v) is 6.32. The van der Waals surface area contributed by atoms with Crippen LogP contribution in [0.2, 0.25) is 0 Å². The molecule has 0 spiro atoms. The molecule has 0 aliphatic heterocycles. The highest BCUT2D eigenvalue weighted by Gasteiger charge is 2.14. The third kappa shape index (κ3) is 3.04. The van der Waals surface area contributed by atoms with E-state index in [4.69, 9.17) is 0 Å². The van der Waals surface area contributed by atoms with E-state index in [1.54, 1.807) is 25.5 Å². The number of aliphatic hydroxyl groups is 1. The molecule has 4 aromatic rings. The van der Waals surface area contributed by atoms with Gasteiger partial charge in [0.15, 0.2) is 0 Å². The van der Waals surface area contributed by atoms with Crippen LogP contribution in [0, 0.1) is 0 Å². The number of hydrogen-bond acceptors (Lipinski definition) is 6. The topological polar surface area (TPSA) is 93.7 Å². The van der Waals surface area contributed by atoms with Crippen LogP contribution in [0.5, 0.6) is 0 Å². The highest BCUT2D eigenvalue weighted by Crippen LogP contribution is 2.25. The SMILES string of the molecule is CCNc1ncc(-c2nccn2-c2ccc3c(c2)nc(C(C)O)n3C)cn1. The predicted molar refractivity (Wildman–Crippen MR) is 104 cm³/mol. The quantitative estimate of drug-likeness (QED) is 0.566. The first-order chi connectivity index (χ1) is 13.1. The van der Waals surface area contributed by atoms with E-state index in [2.05, 4.69) is 25.3 Å². The molecule has 1 aromatic carbocycles. The lowest BCUT2D eigenvalue weighted by Crippen LogP contribution is -2.02. The van der Waals surface area contributed by atoms with Gasteiger partial charge in [-0.25, -0.2) is 19.9 Å². The molecule has 0 radical (unpaired) electrons. The van der Waals surface area contributed by atoms with Crippen LogP contribution in [0.4, 0.5) is 5.95 Å². The van der Waals surface area contributed by atoms with E-state index in [0.29, 0.717) is 11.8 Å². The molecule has 2 N–H and O–H groups in total. The van der Waals surface area contributed by atoms with Crippen LogP contribution in [0.15, 0.2) is 43.0 Å². The standard InChI is InChI=1S/C19H21N7O/c1-4-20-19-22-10-13(11-23-19)18-21-7-8-26(18)14-5-6-16-15(9-14)24-17(12(2)27)25(16)3/h5-12,27H,4H2,1-3H3,(H,20,22,23). The van der Waals surface area contributed by atoms with E-state index < -0.39 is 6.10 Å². The molecular weight excluding hydrogens is 342 g/mol. The number of nitrogens with zero attached hydrogens (tertiary/aromatic N) is 6. The molecule has 0 saturated carbocycles. The van der Waals surface area contributed by atoms with Gasteiger partial charge >= 0.3 is 0 Å². The molecule has 8 nitrogen and oxygen atoms in total. The molecule has 0 fully saturated rings. The molecule has 27 heavy (non-hydrogen) atoms. The molecule has 1 unspecified atom stereocenters. The van der Waals surface area contributed by atoms with Gasteiger partial charge in [-0.3, -0.25) is 4.57 Å². The minimum absolute atomic E-state index is 0.597. The van der Waals surface area contributed by atoms with Gasteiger partial charge in [0.05, 0.1) is 16.6 Å². The van der Waals surface area contributed by atoms with Gasteiger partial charge in [-0.2, -0.15) is 0 Å². The highest BCUT2D eigenvalue weighted by molar-refractivity contribution is 5.79. The third-order valence-electron chi connectivity index (χ3n) is 4.44. The number of nitrogens with one attached hydrogen (secondary N) is 1. The smallest absolute Gasteiger partial charge is 0.222 e. The van der Waals surface area contributed by atoms with Crippen molar-refractivity contribution in [3.63, 3.8) is 0 Å². The number of aryl methyl sites for hydroxylation is 1. The van der Waals surface area contributed by atoms with Gasteiger partial charge in [-0.05, 0) is 32.0 Å². The summed E-state index contributed by atoms with van der Waals surface area (Å²) in [7, 11) is 1.91. The van der Waals surface area contributed by atoms with E-state index in [0.717, 1.165) is 34.7 Å². The number of anilines is 1. The van der Waals surface area contributed by atoms with Crippen molar-refractivity contribution in [1.29, 1.82) is 0 Å². The van der Waals surface area contributed by atoms with E-state index >= 15 is 0 Å². The normalized spacial score (nSPS) is 12.4. The fourth-order valence-electron chi connectivity index (χ4n) is 3.15. The second kappa shape index (κ2) is 6.81. The first-order valence-corrected chi connectivity index (χ1v) is 8.83. The number of benzene rings is 1. The molecular formula is C19H21N7O. The summed E-state index contributed by atoms with van der Waals surface area (Å²) in [6, 6.07) is 5.99. The molecule has 0 bridgehead atoms. The maximum Gasteiger partial charge on any atom is 0.222 e. The van der Waals surface area contributed by atoms with Crippen molar-refractivity contribution in [2.24, 2.45) is 7.05 Å². The Labute approximate surface area is 156 Å². The average Bonchev–Trinajstić information content (AvgIpc) is 3.27.